The van der Waals surface area contributed by atoms with Crippen LogP contribution in [0.15, 0.2) is 0 Å². The summed E-state index contributed by atoms with van der Waals surface area (Å²) in [6, 6.07) is 0. The maximum atomic E-state index is 10.1. The van der Waals surface area contributed by atoms with Gasteiger partial charge in [-0.3, -0.25) is 0 Å². The van der Waals surface area contributed by atoms with E-state index in [2.05, 4.69) is 0 Å². The highest BCUT2D eigenvalue weighted by Gasteiger charge is 1.93. The molecule has 0 saturated heterocycles. The fraction of sp³-hybridized carbons (Fsp3) is 0.941. The van der Waals surface area contributed by atoms with Crippen LogP contribution in [0.2, 0.25) is 0 Å². The Morgan fingerprint density at radius 1 is 0.579 bits per heavy atom. The molecule has 0 aliphatic carbocycles. The van der Waals surface area contributed by atoms with Gasteiger partial charge in [0.25, 0.3) is 0 Å². The van der Waals surface area contributed by atoms with Gasteiger partial charge < -0.3 is 9.90 Å². The topological polar surface area (TPSA) is 37.3 Å². The number of aliphatic hydroxyl groups is 1. The van der Waals surface area contributed by atoms with E-state index in [1.807, 2.05) is 0 Å². The van der Waals surface area contributed by atoms with E-state index in [0.29, 0.717) is 6.61 Å². The van der Waals surface area contributed by atoms with E-state index in [-0.39, 0.29) is 7.43 Å². The van der Waals surface area contributed by atoms with Gasteiger partial charge in [-0.25, -0.2) is 0 Å². The number of aldehydes is 1. The van der Waals surface area contributed by atoms with Crippen molar-refractivity contribution in [3.8, 4) is 0 Å². The molecule has 0 aromatic carbocycles. The average Bonchev–Trinajstić information content (AvgIpc) is 2.39. The van der Waals surface area contributed by atoms with Crippen LogP contribution in [0, 0.1) is 0 Å². The van der Waals surface area contributed by atoms with Gasteiger partial charge in [-0.15, -0.1) is 0 Å². The van der Waals surface area contributed by atoms with Gasteiger partial charge in [-0.2, -0.15) is 0 Å². The number of rotatable bonds is 15. The van der Waals surface area contributed by atoms with Crippen LogP contribution in [0.25, 0.3) is 0 Å². The quantitative estimate of drug-likeness (QED) is 0.325. The molecule has 0 rings (SSSR count). The van der Waals surface area contributed by atoms with Crippen molar-refractivity contribution < 1.29 is 9.90 Å². The zero-order chi connectivity index (χ0) is 13.3. The van der Waals surface area contributed by atoms with E-state index in [0.717, 1.165) is 25.5 Å². The van der Waals surface area contributed by atoms with Crippen molar-refractivity contribution in [2.24, 2.45) is 0 Å². The highest BCUT2D eigenvalue weighted by molar-refractivity contribution is 5.48. The van der Waals surface area contributed by atoms with Crippen LogP contribution in [-0.2, 0) is 4.79 Å². The highest BCUT2D eigenvalue weighted by atomic mass is 16.2. The molecule has 0 unspecified atom stereocenters. The van der Waals surface area contributed by atoms with E-state index >= 15 is 0 Å². The summed E-state index contributed by atoms with van der Waals surface area (Å²) in [5.74, 6) is 0. The minimum absolute atomic E-state index is 0. The molecular formula is C17H36O2. The number of hydrogen-bond acceptors (Lipinski definition) is 2. The number of carbonyl (C=O) groups excluding carboxylic acids is 1. The van der Waals surface area contributed by atoms with Crippen molar-refractivity contribution in [3.05, 3.63) is 0 Å². The summed E-state index contributed by atoms with van der Waals surface area (Å²) in [5, 5.41) is 8.64. The van der Waals surface area contributed by atoms with Crippen molar-refractivity contribution in [2.75, 3.05) is 6.61 Å². The lowest BCUT2D eigenvalue weighted by molar-refractivity contribution is -0.107. The van der Waals surface area contributed by atoms with E-state index in [1.165, 1.54) is 70.6 Å². The second-order valence-corrected chi connectivity index (χ2v) is 5.28. The molecule has 2 nitrogen and oxygen atoms in total. The SMILES string of the molecule is C.O=CCCCCCCCCCCCCCCCO. The molecule has 19 heavy (non-hydrogen) atoms. The summed E-state index contributed by atoms with van der Waals surface area (Å²) in [5.41, 5.74) is 0. The third kappa shape index (κ3) is 20.1. The molecule has 0 amide bonds. The Labute approximate surface area is 121 Å². The van der Waals surface area contributed by atoms with Gasteiger partial charge in [0.2, 0.25) is 0 Å². The predicted molar refractivity (Wildman–Crippen MR) is 84.5 cm³/mol. The van der Waals surface area contributed by atoms with Gasteiger partial charge in [0.15, 0.2) is 0 Å². The fourth-order valence-electron chi connectivity index (χ4n) is 2.28. The van der Waals surface area contributed by atoms with Crippen LogP contribution in [0.4, 0.5) is 0 Å². The van der Waals surface area contributed by atoms with Crippen LogP contribution in [0.5, 0.6) is 0 Å². The average molecular weight is 272 g/mol. The first-order valence-electron chi connectivity index (χ1n) is 7.96. The summed E-state index contributed by atoms with van der Waals surface area (Å²) in [6.07, 6.45) is 18.4. The summed E-state index contributed by atoms with van der Waals surface area (Å²) >= 11 is 0. The molecule has 0 aromatic heterocycles. The summed E-state index contributed by atoms with van der Waals surface area (Å²) in [6.45, 7) is 0.354. The first kappa shape index (κ1) is 20.9. The van der Waals surface area contributed by atoms with Crippen molar-refractivity contribution in [1.82, 2.24) is 0 Å². The number of aliphatic hydroxyl groups excluding tert-OH is 1. The summed E-state index contributed by atoms with van der Waals surface area (Å²) in [4.78, 5) is 10.1. The Hall–Kier alpha value is -0.370. The molecule has 0 radical (unpaired) electrons. The molecule has 116 valence electrons. The minimum atomic E-state index is 0. The van der Waals surface area contributed by atoms with Crippen LogP contribution < -0.4 is 0 Å². The third-order valence-corrected chi connectivity index (χ3v) is 3.48. The highest BCUT2D eigenvalue weighted by Crippen LogP contribution is 2.12. The number of unbranched alkanes of at least 4 members (excludes halogenated alkanes) is 13. The fourth-order valence-corrected chi connectivity index (χ4v) is 2.28. The molecular weight excluding hydrogens is 236 g/mol. The Bertz CT molecular complexity index is 157. The molecule has 0 aromatic rings. The van der Waals surface area contributed by atoms with Crippen LogP contribution in [0.3, 0.4) is 0 Å². The van der Waals surface area contributed by atoms with Crippen molar-refractivity contribution in [2.45, 2.75) is 97.3 Å². The Morgan fingerprint density at radius 2 is 0.895 bits per heavy atom. The number of hydrogen-bond donors (Lipinski definition) is 1. The largest absolute Gasteiger partial charge is 0.396 e. The lowest BCUT2D eigenvalue weighted by Crippen LogP contribution is -1.85. The standard InChI is InChI=1S/C16H32O2.CH4/c17-15-13-11-9-7-5-3-1-2-4-6-8-10-12-14-16-18;/h15,18H,1-14,16H2;1H4. The van der Waals surface area contributed by atoms with Gasteiger partial charge in [0, 0.05) is 13.0 Å². The minimum Gasteiger partial charge on any atom is -0.396 e. The van der Waals surface area contributed by atoms with Gasteiger partial charge in [-0.1, -0.05) is 78.1 Å². The Morgan fingerprint density at radius 3 is 1.21 bits per heavy atom. The van der Waals surface area contributed by atoms with Crippen LogP contribution >= 0.6 is 0 Å². The Balaban J connectivity index is 0. The van der Waals surface area contributed by atoms with Crippen molar-refractivity contribution in [3.63, 3.8) is 0 Å². The number of carbonyl (C=O) groups is 1. The zero-order valence-electron chi connectivity index (χ0n) is 12.0. The Kier molecular flexibility index (Phi) is 22.0. The van der Waals surface area contributed by atoms with Gasteiger partial charge in [0.1, 0.15) is 6.29 Å². The van der Waals surface area contributed by atoms with Crippen LogP contribution in [0.1, 0.15) is 97.3 Å². The van der Waals surface area contributed by atoms with E-state index < -0.39 is 0 Å². The molecule has 0 bridgehead atoms. The molecule has 0 atom stereocenters. The normalized spacial score (nSPS) is 10.2. The molecule has 0 aliphatic rings. The third-order valence-electron chi connectivity index (χ3n) is 3.48. The van der Waals surface area contributed by atoms with Gasteiger partial charge in [-0.05, 0) is 12.8 Å². The maximum Gasteiger partial charge on any atom is 0.119 e. The van der Waals surface area contributed by atoms with E-state index in [9.17, 15) is 4.79 Å². The lowest BCUT2D eigenvalue weighted by Gasteiger charge is -2.02. The molecule has 0 fully saturated rings. The lowest BCUT2D eigenvalue weighted by atomic mass is 10.0. The van der Waals surface area contributed by atoms with Gasteiger partial charge in [0.05, 0.1) is 0 Å². The first-order valence-corrected chi connectivity index (χ1v) is 7.96. The molecule has 0 aliphatic heterocycles. The molecule has 0 spiro atoms. The first-order chi connectivity index (χ1) is 8.91. The van der Waals surface area contributed by atoms with Crippen LogP contribution in [-0.4, -0.2) is 18.0 Å². The predicted octanol–water partition coefficient (Wildman–Crippen LogP) is 5.28. The molecule has 1 N–H and O–H groups in total. The molecule has 0 heterocycles. The van der Waals surface area contributed by atoms with E-state index in [4.69, 9.17) is 5.11 Å². The van der Waals surface area contributed by atoms with E-state index in [1.54, 1.807) is 0 Å². The van der Waals surface area contributed by atoms with Gasteiger partial charge >= 0.3 is 0 Å². The monoisotopic (exact) mass is 272 g/mol. The smallest absolute Gasteiger partial charge is 0.119 e. The summed E-state index contributed by atoms with van der Waals surface area (Å²) < 4.78 is 0. The molecule has 2 heteroatoms. The maximum absolute atomic E-state index is 10.1. The van der Waals surface area contributed by atoms with Crippen molar-refractivity contribution >= 4 is 6.29 Å². The second kappa shape index (κ2) is 20.0. The second-order valence-electron chi connectivity index (χ2n) is 5.28. The van der Waals surface area contributed by atoms with Crippen molar-refractivity contribution in [1.29, 1.82) is 0 Å². The molecule has 0 saturated carbocycles. The summed E-state index contributed by atoms with van der Waals surface area (Å²) in [7, 11) is 0. The zero-order valence-corrected chi connectivity index (χ0v) is 12.0.